The Kier molecular flexibility index (Phi) is 2.59. The molecule has 0 aliphatic rings. The van der Waals surface area contributed by atoms with Crippen LogP contribution in [0.25, 0.3) is 10.8 Å². The highest BCUT2D eigenvalue weighted by molar-refractivity contribution is 7.86. The number of primary amides is 1. The highest BCUT2D eigenvalue weighted by atomic mass is 32.3. The van der Waals surface area contributed by atoms with E-state index in [4.69, 9.17) is 5.73 Å². The van der Waals surface area contributed by atoms with Gasteiger partial charge in [-0.15, -0.1) is 3.89 Å². The predicted molar refractivity (Wildman–Crippen MR) is 60.8 cm³/mol. The minimum absolute atomic E-state index is 0.145. The summed E-state index contributed by atoms with van der Waals surface area (Å²) >= 11 is 0. The van der Waals surface area contributed by atoms with Gasteiger partial charge in [-0.3, -0.25) is 4.79 Å². The van der Waals surface area contributed by atoms with Gasteiger partial charge in [-0.25, -0.2) is 0 Å². The van der Waals surface area contributed by atoms with E-state index in [0.717, 1.165) is 0 Å². The maximum absolute atomic E-state index is 13.2. The molecule has 0 saturated heterocycles. The molecule has 17 heavy (non-hydrogen) atoms. The van der Waals surface area contributed by atoms with Gasteiger partial charge in [0.25, 0.3) is 0 Å². The zero-order chi connectivity index (χ0) is 12.6. The molecular formula is C11H8FNO3S. The first-order chi connectivity index (χ1) is 7.91. The first kappa shape index (κ1) is 11.5. The molecule has 2 aromatic rings. The lowest BCUT2D eigenvalue weighted by Gasteiger charge is -2.06. The summed E-state index contributed by atoms with van der Waals surface area (Å²) in [6.07, 6.45) is 0. The zero-order valence-electron chi connectivity index (χ0n) is 8.55. The molecule has 0 heterocycles. The second kappa shape index (κ2) is 3.81. The molecule has 2 N–H and O–H groups in total. The summed E-state index contributed by atoms with van der Waals surface area (Å²) in [5, 5.41) is 0.667. The SMILES string of the molecule is NC(=O)c1ccc2ccccc2c1S(=O)(=O)F. The second-order valence-electron chi connectivity index (χ2n) is 3.47. The Labute approximate surface area is 97.1 Å². The number of carbonyl (C=O) groups is 1. The van der Waals surface area contributed by atoms with E-state index in [1.54, 1.807) is 18.2 Å². The van der Waals surface area contributed by atoms with E-state index in [1.165, 1.54) is 18.2 Å². The summed E-state index contributed by atoms with van der Waals surface area (Å²) in [6, 6.07) is 9.01. The van der Waals surface area contributed by atoms with Gasteiger partial charge in [0.05, 0.1) is 5.56 Å². The Balaban J connectivity index is 3.00. The van der Waals surface area contributed by atoms with Gasteiger partial charge >= 0.3 is 10.2 Å². The monoisotopic (exact) mass is 253 g/mol. The predicted octanol–water partition coefficient (Wildman–Crippen LogP) is 1.60. The van der Waals surface area contributed by atoms with Gasteiger partial charge in [0.15, 0.2) is 0 Å². The summed E-state index contributed by atoms with van der Waals surface area (Å²) in [4.78, 5) is 10.4. The molecule has 0 aliphatic heterocycles. The van der Waals surface area contributed by atoms with E-state index in [9.17, 15) is 17.1 Å². The quantitative estimate of drug-likeness (QED) is 0.826. The molecule has 2 aromatic carbocycles. The molecular weight excluding hydrogens is 245 g/mol. The first-order valence-corrected chi connectivity index (χ1v) is 6.06. The highest BCUT2D eigenvalue weighted by Gasteiger charge is 2.23. The molecule has 1 amide bonds. The number of amides is 1. The Bertz CT molecular complexity index is 710. The molecule has 0 fully saturated rings. The summed E-state index contributed by atoms with van der Waals surface area (Å²) in [5.74, 6) is -0.980. The summed E-state index contributed by atoms with van der Waals surface area (Å²) in [5.41, 5.74) is 4.69. The summed E-state index contributed by atoms with van der Waals surface area (Å²) in [7, 11) is -5.01. The fraction of sp³-hybridized carbons (Fsp3) is 0. The minimum atomic E-state index is -5.01. The molecule has 6 heteroatoms. The third-order valence-electron chi connectivity index (χ3n) is 2.39. The van der Waals surface area contributed by atoms with E-state index < -0.39 is 21.0 Å². The minimum Gasteiger partial charge on any atom is -0.366 e. The third-order valence-corrected chi connectivity index (χ3v) is 3.32. The lowest BCUT2D eigenvalue weighted by atomic mass is 10.1. The van der Waals surface area contributed by atoms with Gasteiger partial charge in [0.2, 0.25) is 5.91 Å². The molecule has 2 rings (SSSR count). The van der Waals surface area contributed by atoms with Crippen molar-refractivity contribution in [1.82, 2.24) is 0 Å². The van der Waals surface area contributed by atoms with E-state index in [1.807, 2.05) is 0 Å². The van der Waals surface area contributed by atoms with Crippen molar-refractivity contribution < 1.29 is 17.1 Å². The molecule has 88 valence electrons. The van der Waals surface area contributed by atoms with Crippen LogP contribution in [-0.2, 0) is 10.2 Å². The number of benzene rings is 2. The van der Waals surface area contributed by atoms with E-state index in [-0.39, 0.29) is 10.9 Å². The molecule has 0 radical (unpaired) electrons. The Morgan fingerprint density at radius 2 is 1.76 bits per heavy atom. The van der Waals surface area contributed by atoms with Crippen molar-refractivity contribution in [2.24, 2.45) is 5.73 Å². The molecule has 0 unspecified atom stereocenters. The van der Waals surface area contributed by atoms with Crippen LogP contribution in [0.1, 0.15) is 10.4 Å². The van der Waals surface area contributed by atoms with Gasteiger partial charge < -0.3 is 5.73 Å². The first-order valence-electron chi connectivity index (χ1n) is 4.67. The summed E-state index contributed by atoms with van der Waals surface area (Å²) < 4.78 is 35.4. The van der Waals surface area contributed by atoms with Gasteiger partial charge in [0, 0.05) is 5.39 Å². The second-order valence-corrected chi connectivity index (χ2v) is 4.75. The van der Waals surface area contributed by atoms with Gasteiger partial charge in [0.1, 0.15) is 4.90 Å². The number of hydrogen-bond acceptors (Lipinski definition) is 3. The van der Waals surface area contributed by atoms with E-state index in [0.29, 0.717) is 5.39 Å². The van der Waals surface area contributed by atoms with Crippen molar-refractivity contribution in [3.8, 4) is 0 Å². The molecule has 0 bridgehead atoms. The van der Waals surface area contributed by atoms with Crippen LogP contribution in [0.5, 0.6) is 0 Å². The Hall–Kier alpha value is -1.95. The number of carbonyl (C=O) groups excluding carboxylic acids is 1. The zero-order valence-corrected chi connectivity index (χ0v) is 9.37. The normalized spacial score (nSPS) is 11.6. The van der Waals surface area contributed by atoms with Crippen LogP contribution in [-0.4, -0.2) is 14.3 Å². The fourth-order valence-corrected chi connectivity index (χ4v) is 2.58. The maximum atomic E-state index is 13.2. The molecule has 0 atom stereocenters. The van der Waals surface area contributed by atoms with Crippen LogP contribution < -0.4 is 5.73 Å². The van der Waals surface area contributed by atoms with Crippen molar-refractivity contribution in [3.05, 3.63) is 42.0 Å². The van der Waals surface area contributed by atoms with Crippen LogP contribution in [0.4, 0.5) is 3.89 Å². The number of rotatable bonds is 2. The van der Waals surface area contributed by atoms with Crippen LogP contribution in [0.3, 0.4) is 0 Å². The topological polar surface area (TPSA) is 77.2 Å². The molecule has 0 spiro atoms. The van der Waals surface area contributed by atoms with Gasteiger partial charge in [-0.2, -0.15) is 8.42 Å². The van der Waals surface area contributed by atoms with Crippen LogP contribution in [0.2, 0.25) is 0 Å². The van der Waals surface area contributed by atoms with Crippen LogP contribution in [0.15, 0.2) is 41.3 Å². The third kappa shape index (κ3) is 1.99. The van der Waals surface area contributed by atoms with Gasteiger partial charge in [-0.1, -0.05) is 30.3 Å². The van der Waals surface area contributed by atoms with Crippen molar-refractivity contribution in [2.75, 3.05) is 0 Å². The van der Waals surface area contributed by atoms with Crippen molar-refractivity contribution in [1.29, 1.82) is 0 Å². The lowest BCUT2D eigenvalue weighted by Crippen LogP contribution is -2.15. The maximum Gasteiger partial charge on any atom is 0.333 e. The Morgan fingerprint density at radius 3 is 2.35 bits per heavy atom. The average molecular weight is 253 g/mol. The lowest BCUT2D eigenvalue weighted by molar-refractivity contribution is 0.0997. The smallest absolute Gasteiger partial charge is 0.333 e. The average Bonchev–Trinajstić information content (AvgIpc) is 2.26. The summed E-state index contributed by atoms with van der Waals surface area (Å²) in [6.45, 7) is 0. The van der Waals surface area contributed by atoms with E-state index in [2.05, 4.69) is 0 Å². The number of nitrogens with two attached hydrogens (primary N) is 1. The Morgan fingerprint density at radius 1 is 1.12 bits per heavy atom. The van der Waals surface area contributed by atoms with Crippen LogP contribution >= 0.6 is 0 Å². The molecule has 0 aromatic heterocycles. The molecule has 0 aliphatic carbocycles. The number of halogens is 1. The fourth-order valence-electron chi connectivity index (χ4n) is 1.70. The van der Waals surface area contributed by atoms with Gasteiger partial charge in [-0.05, 0) is 11.5 Å². The number of fused-ring (bicyclic) bond motifs is 1. The number of hydrogen-bond donors (Lipinski definition) is 1. The highest BCUT2D eigenvalue weighted by Crippen LogP contribution is 2.28. The van der Waals surface area contributed by atoms with E-state index >= 15 is 0 Å². The van der Waals surface area contributed by atoms with Crippen LogP contribution in [0, 0.1) is 0 Å². The largest absolute Gasteiger partial charge is 0.366 e. The van der Waals surface area contributed by atoms with Crippen molar-refractivity contribution in [3.63, 3.8) is 0 Å². The van der Waals surface area contributed by atoms with Crippen molar-refractivity contribution >= 4 is 26.9 Å². The van der Waals surface area contributed by atoms with Crippen molar-refractivity contribution in [2.45, 2.75) is 4.90 Å². The standard InChI is InChI=1S/C11H8FNO3S/c12-17(15,16)10-8-4-2-1-3-7(8)5-6-9(10)11(13)14/h1-6H,(H2,13,14). The molecule has 0 saturated carbocycles. The molecule has 4 nitrogen and oxygen atoms in total.